The van der Waals surface area contributed by atoms with Gasteiger partial charge in [0.15, 0.2) is 17.4 Å². The Morgan fingerprint density at radius 2 is 1.97 bits per heavy atom. The van der Waals surface area contributed by atoms with Crippen LogP contribution in [0.2, 0.25) is 0 Å². The highest BCUT2D eigenvalue weighted by Gasteiger charge is 2.17. The van der Waals surface area contributed by atoms with E-state index in [0.29, 0.717) is 11.7 Å². The summed E-state index contributed by atoms with van der Waals surface area (Å²) in [4.78, 5) is 38.6. The van der Waals surface area contributed by atoms with E-state index >= 15 is 0 Å². The number of amides is 1. The summed E-state index contributed by atoms with van der Waals surface area (Å²) in [5, 5.41) is 18.5. The molecule has 1 heterocycles. The third-order valence-corrected chi connectivity index (χ3v) is 4.80. The Kier molecular flexibility index (Phi) is 7.12. The number of nitrogens with one attached hydrogen (secondary N) is 2. The summed E-state index contributed by atoms with van der Waals surface area (Å²) >= 11 is 1.25. The van der Waals surface area contributed by atoms with Crippen LogP contribution in [0, 0.1) is 10.1 Å². The fourth-order valence-corrected chi connectivity index (χ4v) is 3.19. The highest BCUT2D eigenvalue weighted by atomic mass is 32.1. The van der Waals surface area contributed by atoms with Crippen molar-refractivity contribution in [2.75, 3.05) is 24.4 Å². The van der Waals surface area contributed by atoms with Crippen LogP contribution in [0.5, 0.6) is 5.75 Å². The first kappa shape index (κ1) is 21.7. The number of non-ortho nitro benzene ring substituents is 1. The van der Waals surface area contributed by atoms with Crippen molar-refractivity contribution in [3.63, 3.8) is 0 Å². The number of aromatic nitrogens is 1. The lowest BCUT2D eigenvalue weighted by atomic mass is 10.2. The van der Waals surface area contributed by atoms with Crippen LogP contribution < -0.4 is 15.4 Å². The quantitative estimate of drug-likeness (QED) is 0.292. The number of carbonyl (C=O) groups is 2. The predicted octanol–water partition coefficient (Wildman–Crippen LogP) is 3.47. The van der Waals surface area contributed by atoms with Crippen molar-refractivity contribution >= 4 is 39.7 Å². The van der Waals surface area contributed by atoms with Crippen LogP contribution in [0.3, 0.4) is 0 Å². The normalized spacial score (nSPS) is 10.2. The first-order valence-electron chi connectivity index (χ1n) is 8.99. The maximum atomic E-state index is 12.1. The van der Waals surface area contributed by atoms with Gasteiger partial charge in [-0.25, -0.2) is 9.78 Å². The largest absolute Gasteiger partial charge is 0.494 e. The lowest BCUT2D eigenvalue weighted by molar-refractivity contribution is -0.384. The molecular weight excluding hydrogens is 424 g/mol. The molecule has 10 nitrogen and oxygen atoms in total. The molecule has 0 radical (unpaired) electrons. The fraction of sp³-hybridized carbons (Fsp3) is 0.150. The lowest BCUT2D eigenvalue weighted by Gasteiger charge is -2.10. The molecule has 0 bridgehead atoms. The third kappa shape index (κ3) is 6.00. The van der Waals surface area contributed by atoms with E-state index in [2.05, 4.69) is 15.6 Å². The minimum atomic E-state index is -0.741. The van der Waals surface area contributed by atoms with E-state index in [-0.39, 0.29) is 22.8 Å². The summed E-state index contributed by atoms with van der Waals surface area (Å²) in [6.07, 6.45) is 0. The van der Waals surface area contributed by atoms with Crippen LogP contribution in [0.4, 0.5) is 16.5 Å². The van der Waals surface area contributed by atoms with E-state index in [1.807, 2.05) is 30.3 Å². The molecule has 0 saturated carbocycles. The maximum absolute atomic E-state index is 12.1. The summed E-state index contributed by atoms with van der Waals surface area (Å²) in [6.45, 7) is 0.00555. The van der Waals surface area contributed by atoms with E-state index in [1.54, 1.807) is 0 Å². The highest BCUT2D eigenvalue weighted by molar-refractivity contribution is 7.13. The Hall–Kier alpha value is -3.99. The Morgan fingerprint density at radius 1 is 1.19 bits per heavy atom. The van der Waals surface area contributed by atoms with E-state index in [1.165, 1.54) is 42.0 Å². The van der Waals surface area contributed by atoms with Crippen molar-refractivity contribution < 1.29 is 24.0 Å². The van der Waals surface area contributed by atoms with Gasteiger partial charge in [-0.15, -0.1) is 11.3 Å². The zero-order chi connectivity index (χ0) is 22.2. The Morgan fingerprint density at radius 3 is 2.68 bits per heavy atom. The van der Waals surface area contributed by atoms with Crippen LogP contribution in [0.25, 0.3) is 0 Å². The number of nitrogens with zero attached hydrogens (tertiary/aromatic N) is 2. The van der Waals surface area contributed by atoms with Crippen molar-refractivity contribution in [2.24, 2.45) is 0 Å². The molecule has 0 fully saturated rings. The van der Waals surface area contributed by atoms with Gasteiger partial charge in [0.25, 0.3) is 11.6 Å². The van der Waals surface area contributed by atoms with Gasteiger partial charge in [0, 0.05) is 18.0 Å². The number of ether oxygens (including phenoxy) is 2. The van der Waals surface area contributed by atoms with Crippen LogP contribution in [-0.4, -0.2) is 35.5 Å². The zero-order valence-corrected chi connectivity index (χ0v) is 17.2. The van der Waals surface area contributed by atoms with Crippen molar-refractivity contribution in [3.8, 4) is 5.75 Å². The maximum Gasteiger partial charge on any atom is 0.358 e. The Labute approximate surface area is 181 Å². The number of carbonyl (C=O) groups excluding carboxylic acids is 2. The molecule has 160 valence electrons. The minimum Gasteiger partial charge on any atom is -0.494 e. The second-order valence-electron chi connectivity index (χ2n) is 6.14. The van der Waals surface area contributed by atoms with Crippen molar-refractivity contribution in [2.45, 2.75) is 6.54 Å². The Bertz CT molecular complexity index is 1090. The summed E-state index contributed by atoms with van der Waals surface area (Å²) in [5.41, 5.74) is 1.19. The van der Waals surface area contributed by atoms with Gasteiger partial charge < -0.3 is 20.1 Å². The number of hydrogen-bond donors (Lipinski definition) is 2. The number of nitro groups is 1. The second kappa shape index (κ2) is 10.2. The lowest BCUT2D eigenvalue weighted by Crippen LogP contribution is -2.21. The second-order valence-corrected chi connectivity index (χ2v) is 7.00. The number of methoxy groups -OCH3 is 1. The number of anilines is 2. The van der Waals surface area contributed by atoms with Crippen LogP contribution >= 0.6 is 11.3 Å². The van der Waals surface area contributed by atoms with Crippen molar-refractivity contribution in [3.05, 3.63) is 75.3 Å². The molecule has 0 aliphatic rings. The van der Waals surface area contributed by atoms with E-state index < -0.39 is 23.4 Å². The van der Waals surface area contributed by atoms with Gasteiger partial charge in [0.05, 0.1) is 23.8 Å². The van der Waals surface area contributed by atoms with E-state index in [9.17, 15) is 19.7 Å². The van der Waals surface area contributed by atoms with Gasteiger partial charge in [-0.2, -0.15) is 0 Å². The molecule has 2 aromatic carbocycles. The van der Waals surface area contributed by atoms with Gasteiger partial charge in [-0.05, 0) is 11.6 Å². The molecule has 3 aromatic rings. The molecule has 0 aliphatic heterocycles. The van der Waals surface area contributed by atoms with Crippen LogP contribution in [0.1, 0.15) is 16.1 Å². The third-order valence-electron chi connectivity index (χ3n) is 4.00. The molecule has 1 aromatic heterocycles. The summed E-state index contributed by atoms with van der Waals surface area (Å²) < 4.78 is 10.0. The average Bonchev–Trinajstić information content (AvgIpc) is 3.26. The first-order valence-corrected chi connectivity index (χ1v) is 9.87. The number of rotatable bonds is 9. The number of esters is 1. The SMILES string of the molecule is COc1cc([N+](=O)[O-])ccc1NC(=O)COC(=O)c1csc(NCc2ccccc2)n1. The van der Waals surface area contributed by atoms with Crippen molar-refractivity contribution in [1.82, 2.24) is 4.98 Å². The topological polar surface area (TPSA) is 133 Å². The number of benzene rings is 2. The van der Waals surface area contributed by atoms with Crippen LogP contribution in [-0.2, 0) is 16.1 Å². The van der Waals surface area contributed by atoms with Crippen LogP contribution in [0.15, 0.2) is 53.9 Å². The molecule has 0 atom stereocenters. The molecule has 0 spiro atoms. The van der Waals surface area contributed by atoms with Gasteiger partial charge in [-0.1, -0.05) is 30.3 Å². The standard InChI is InChI=1S/C20H18N4O6S/c1-29-17-9-14(24(27)28)7-8-15(17)22-18(25)11-30-19(26)16-12-31-20(23-16)21-10-13-5-3-2-4-6-13/h2-9,12H,10-11H2,1H3,(H,21,23)(H,22,25). The number of hydrogen-bond acceptors (Lipinski definition) is 9. The van der Waals surface area contributed by atoms with Gasteiger partial charge in [-0.3, -0.25) is 14.9 Å². The Balaban J connectivity index is 1.51. The minimum absolute atomic E-state index is 0.0845. The molecule has 0 aliphatic carbocycles. The summed E-state index contributed by atoms with van der Waals surface area (Å²) in [6, 6.07) is 13.5. The number of nitro benzene ring substituents is 1. The fourth-order valence-electron chi connectivity index (χ4n) is 2.51. The molecule has 3 rings (SSSR count). The summed E-state index contributed by atoms with van der Waals surface area (Å²) in [5.74, 6) is -1.25. The molecule has 31 heavy (non-hydrogen) atoms. The molecule has 0 unspecified atom stereocenters. The average molecular weight is 442 g/mol. The summed E-state index contributed by atoms with van der Waals surface area (Å²) in [7, 11) is 1.32. The van der Waals surface area contributed by atoms with Gasteiger partial charge in [0.1, 0.15) is 5.75 Å². The zero-order valence-electron chi connectivity index (χ0n) is 16.4. The van der Waals surface area contributed by atoms with Gasteiger partial charge in [0.2, 0.25) is 0 Å². The van der Waals surface area contributed by atoms with Gasteiger partial charge >= 0.3 is 5.97 Å². The molecule has 0 saturated heterocycles. The van der Waals surface area contributed by atoms with E-state index in [4.69, 9.17) is 9.47 Å². The molecule has 11 heteroatoms. The molecular formula is C20H18N4O6S. The first-order chi connectivity index (χ1) is 15.0. The smallest absolute Gasteiger partial charge is 0.358 e. The monoisotopic (exact) mass is 442 g/mol. The molecule has 1 amide bonds. The van der Waals surface area contributed by atoms with Crippen molar-refractivity contribution in [1.29, 1.82) is 0 Å². The van der Waals surface area contributed by atoms with E-state index in [0.717, 1.165) is 5.56 Å². The predicted molar refractivity (Wildman–Crippen MR) is 114 cm³/mol. The highest BCUT2D eigenvalue weighted by Crippen LogP contribution is 2.29. The molecule has 2 N–H and O–H groups in total. The number of thiazole rings is 1.